The first-order chi connectivity index (χ1) is 13.5. The Morgan fingerprint density at radius 1 is 0.964 bits per heavy atom. The molecule has 0 amide bonds. The minimum Gasteiger partial charge on any atom is -0.346 e. The number of piperazine rings is 1. The van der Waals surface area contributed by atoms with Crippen LogP contribution in [0.4, 0.5) is 5.69 Å². The zero-order valence-electron chi connectivity index (χ0n) is 16.3. The van der Waals surface area contributed by atoms with E-state index in [1.165, 1.54) is 24.0 Å². The largest absolute Gasteiger partial charge is 0.346 e. The number of rotatable bonds is 6. The van der Waals surface area contributed by atoms with E-state index < -0.39 is 0 Å². The molecule has 2 aromatic carbocycles. The average molecular weight is 436 g/mol. The Morgan fingerprint density at radius 2 is 1.64 bits per heavy atom. The van der Waals surface area contributed by atoms with E-state index in [9.17, 15) is 0 Å². The first kappa shape index (κ1) is 21.4. The van der Waals surface area contributed by atoms with E-state index in [2.05, 4.69) is 46.3 Å². The summed E-state index contributed by atoms with van der Waals surface area (Å²) in [6, 6.07) is 14.5. The monoisotopic (exact) mass is 435 g/mol. The van der Waals surface area contributed by atoms with Crippen LogP contribution in [-0.4, -0.2) is 41.1 Å². The smallest absolute Gasteiger partial charge is 0.173 e. The third-order valence-corrected chi connectivity index (χ3v) is 6.17. The van der Waals surface area contributed by atoms with Crippen molar-refractivity contribution in [1.29, 1.82) is 0 Å². The number of thiocarbonyl (C=S) groups is 1. The summed E-state index contributed by atoms with van der Waals surface area (Å²) >= 11 is 17.7. The van der Waals surface area contributed by atoms with Gasteiger partial charge in [0.2, 0.25) is 0 Å². The van der Waals surface area contributed by atoms with Crippen LogP contribution < -0.4 is 5.32 Å². The number of anilines is 1. The molecule has 1 N–H and O–H groups in total. The molecule has 0 aliphatic carbocycles. The third-order valence-electron chi connectivity index (χ3n) is 5.07. The van der Waals surface area contributed by atoms with Gasteiger partial charge in [-0.2, -0.15) is 0 Å². The molecule has 0 aromatic heterocycles. The van der Waals surface area contributed by atoms with Crippen molar-refractivity contribution in [2.75, 3.05) is 31.5 Å². The Balaban J connectivity index is 1.46. The van der Waals surface area contributed by atoms with Crippen molar-refractivity contribution >= 4 is 46.2 Å². The van der Waals surface area contributed by atoms with Gasteiger partial charge in [-0.3, -0.25) is 4.90 Å². The van der Waals surface area contributed by atoms with Gasteiger partial charge in [0.15, 0.2) is 5.11 Å². The molecule has 0 unspecified atom stereocenters. The van der Waals surface area contributed by atoms with E-state index >= 15 is 0 Å². The predicted octanol–water partition coefficient (Wildman–Crippen LogP) is 5.85. The van der Waals surface area contributed by atoms with Crippen LogP contribution in [0.1, 0.15) is 30.9 Å². The summed E-state index contributed by atoms with van der Waals surface area (Å²) in [5.41, 5.74) is 3.63. The van der Waals surface area contributed by atoms with Crippen LogP contribution >= 0.6 is 35.4 Å². The van der Waals surface area contributed by atoms with E-state index in [1.54, 1.807) is 0 Å². The Morgan fingerprint density at radius 3 is 2.29 bits per heavy atom. The number of hydrogen-bond donors (Lipinski definition) is 1. The highest BCUT2D eigenvalue weighted by Crippen LogP contribution is 2.23. The van der Waals surface area contributed by atoms with E-state index in [4.69, 9.17) is 35.4 Å². The fraction of sp³-hybridized carbons (Fsp3) is 0.409. The first-order valence-corrected chi connectivity index (χ1v) is 11.0. The third kappa shape index (κ3) is 6.08. The fourth-order valence-corrected chi connectivity index (χ4v) is 3.96. The maximum absolute atomic E-state index is 6.12. The summed E-state index contributed by atoms with van der Waals surface area (Å²) in [5.74, 6) is 0. The number of nitrogens with zero attached hydrogens (tertiary/aromatic N) is 2. The zero-order chi connectivity index (χ0) is 19.9. The van der Waals surface area contributed by atoms with Crippen molar-refractivity contribution in [2.45, 2.75) is 32.7 Å². The summed E-state index contributed by atoms with van der Waals surface area (Å²) < 4.78 is 0. The average Bonchev–Trinajstić information content (AvgIpc) is 2.71. The van der Waals surface area contributed by atoms with Crippen LogP contribution in [0.2, 0.25) is 10.0 Å². The molecule has 3 rings (SSSR count). The lowest BCUT2D eigenvalue weighted by atomic mass is 10.1. The van der Waals surface area contributed by atoms with Crippen LogP contribution in [0.3, 0.4) is 0 Å². The van der Waals surface area contributed by atoms with Crippen molar-refractivity contribution in [2.24, 2.45) is 0 Å². The molecular weight excluding hydrogens is 409 g/mol. The minimum atomic E-state index is 0.602. The molecule has 0 atom stereocenters. The molecule has 2 aromatic rings. The Bertz CT molecular complexity index is 787. The van der Waals surface area contributed by atoms with Gasteiger partial charge in [-0.1, -0.05) is 54.7 Å². The van der Waals surface area contributed by atoms with Crippen molar-refractivity contribution < 1.29 is 0 Å². The highest BCUT2D eigenvalue weighted by molar-refractivity contribution is 7.80. The molecule has 1 aliphatic rings. The topological polar surface area (TPSA) is 18.5 Å². The lowest BCUT2D eigenvalue weighted by Crippen LogP contribution is -2.49. The van der Waals surface area contributed by atoms with E-state index in [-0.39, 0.29) is 0 Å². The summed E-state index contributed by atoms with van der Waals surface area (Å²) in [4.78, 5) is 4.66. The van der Waals surface area contributed by atoms with Crippen LogP contribution in [0.15, 0.2) is 42.5 Å². The number of nitrogens with one attached hydrogen (secondary N) is 1. The van der Waals surface area contributed by atoms with Crippen LogP contribution in [0.25, 0.3) is 0 Å². The summed E-state index contributed by atoms with van der Waals surface area (Å²) in [7, 11) is 0. The molecule has 1 aliphatic heterocycles. The molecule has 6 heteroatoms. The molecule has 1 saturated heterocycles. The summed E-state index contributed by atoms with van der Waals surface area (Å²) in [6.07, 6.45) is 3.60. The molecule has 0 radical (unpaired) electrons. The maximum atomic E-state index is 6.12. The standard InChI is InChI=1S/C22H27Cl2N3S/c1-2-3-4-17-5-8-19(9-6-17)25-22(28)27-13-11-26(12-14-27)16-18-7-10-20(23)21(24)15-18/h5-10,15H,2-4,11-14,16H2,1H3,(H,25,28). The number of halogens is 2. The van der Waals surface area contributed by atoms with E-state index in [0.717, 1.165) is 49.9 Å². The number of aryl methyl sites for hydroxylation is 1. The van der Waals surface area contributed by atoms with E-state index in [1.807, 2.05) is 18.2 Å². The molecule has 1 fully saturated rings. The Hall–Kier alpha value is -1.33. The van der Waals surface area contributed by atoms with Gasteiger partial charge < -0.3 is 10.2 Å². The lowest BCUT2D eigenvalue weighted by molar-refractivity contribution is 0.177. The minimum absolute atomic E-state index is 0.602. The predicted molar refractivity (Wildman–Crippen MR) is 125 cm³/mol. The fourth-order valence-electron chi connectivity index (χ4n) is 3.34. The molecule has 3 nitrogen and oxygen atoms in total. The van der Waals surface area contributed by atoms with Gasteiger partial charge in [-0.25, -0.2) is 0 Å². The Kier molecular flexibility index (Phi) is 7.98. The molecular formula is C22H27Cl2N3S. The van der Waals surface area contributed by atoms with Gasteiger partial charge in [0, 0.05) is 38.4 Å². The van der Waals surface area contributed by atoms with Crippen molar-refractivity contribution in [3.8, 4) is 0 Å². The maximum Gasteiger partial charge on any atom is 0.173 e. The van der Waals surface area contributed by atoms with Crippen LogP contribution in [0, 0.1) is 0 Å². The molecule has 0 saturated carbocycles. The van der Waals surface area contributed by atoms with Crippen LogP contribution in [0.5, 0.6) is 0 Å². The van der Waals surface area contributed by atoms with Crippen molar-refractivity contribution in [1.82, 2.24) is 9.80 Å². The van der Waals surface area contributed by atoms with Gasteiger partial charge in [0.1, 0.15) is 0 Å². The second-order valence-electron chi connectivity index (χ2n) is 7.24. The quantitative estimate of drug-likeness (QED) is 0.573. The van der Waals surface area contributed by atoms with Crippen molar-refractivity contribution in [3.63, 3.8) is 0 Å². The second kappa shape index (κ2) is 10.4. The van der Waals surface area contributed by atoms with E-state index in [0.29, 0.717) is 10.0 Å². The normalized spacial score (nSPS) is 14.9. The van der Waals surface area contributed by atoms with Gasteiger partial charge in [0.05, 0.1) is 10.0 Å². The lowest BCUT2D eigenvalue weighted by Gasteiger charge is -2.36. The van der Waals surface area contributed by atoms with Gasteiger partial charge in [-0.15, -0.1) is 0 Å². The first-order valence-electron chi connectivity index (χ1n) is 9.86. The Labute approximate surface area is 183 Å². The van der Waals surface area contributed by atoms with Gasteiger partial charge >= 0.3 is 0 Å². The number of hydrogen-bond acceptors (Lipinski definition) is 2. The molecule has 150 valence electrons. The number of unbranched alkanes of at least 4 members (excludes halogenated alkanes) is 1. The highest BCUT2D eigenvalue weighted by atomic mass is 35.5. The highest BCUT2D eigenvalue weighted by Gasteiger charge is 2.19. The molecule has 28 heavy (non-hydrogen) atoms. The van der Waals surface area contributed by atoms with Crippen molar-refractivity contribution in [3.05, 3.63) is 63.6 Å². The van der Waals surface area contributed by atoms with Crippen LogP contribution in [-0.2, 0) is 13.0 Å². The number of benzene rings is 2. The molecule has 0 spiro atoms. The summed E-state index contributed by atoms with van der Waals surface area (Å²) in [5, 5.41) is 5.40. The second-order valence-corrected chi connectivity index (χ2v) is 8.44. The molecule has 0 bridgehead atoms. The van der Waals surface area contributed by atoms with Gasteiger partial charge in [0.25, 0.3) is 0 Å². The van der Waals surface area contributed by atoms with Gasteiger partial charge in [-0.05, 0) is 60.5 Å². The zero-order valence-corrected chi connectivity index (χ0v) is 18.6. The molecule has 1 heterocycles. The SMILES string of the molecule is CCCCc1ccc(NC(=S)N2CCN(Cc3ccc(Cl)c(Cl)c3)CC2)cc1. The summed E-state index contributed by atoms with van der Waals surface area (Å²) in [6.45, 7) is 6.88.